The van der Waals surface area contributed by atoms with Gasteiger partial charge in [-0.3, -0.25) is 0 Å². The zero-order valence-corrected chi connectivity index (χ0v) is 43.5. The van der Waals surface area contributed by atoms with Crippen molar-refractivity contribution < 1.29 is 15.6 Å². The van der Waals surface area contributed by atoms with Gasteiger partial charge in [-0.15, -0.1) is 0 Å². The Morgan fingerprint density at radius 1 is 0.533 bits per heavy atom. The average molecular weight is 936 g/mol. The van der Waals surface area contributed by atoms with Crippen LogP contribution in [0.3, 0.4) is 0 Å². The van der Waals surface area contributed by atoms with Crippen molar-refractivity contribution in [2.24, 2.45) is 10.8 Å². The van der Waals surface area contributed by atoms with Gasteiger partial charge < -0.3 is 0 Å². The molecule has 4 aromatic rings. The van der Waals surface area contributed by atoms with Crippen LogP contribution >= 0.6 is 17.0 Å². The summed E-state index contributed by atoms with van der Waals surface area (Å²) in [7, 11) is 18.6. The van der Waals surface area contributed by atoms with E-state index in [1.54, 1.807) is 11.1 Å². The Morgan fingerprint density at radius 3 is 1.20 bits per heavy atom. The number of benzene rings is 4. The fourth-order valence-electron chi connectivity index (χ4n) is 13.3. The summed E-state index contributed by atoms with van der Waals surface area (Å²) in [6.07, 6.45) is 26.1. The van der Waals surface area contributed by atoms with Gasteiger partial charge in [-0.2, -0.15) is 0 Å². The van der Waals surface area contributed by atoms with Crippen LogP contribution in [0.1, 0.15) is 168 Å². The van der Waals surface area contributed by atoms with Crippen molar-refractivity contribution in [2.75, 3.05) is 0 Å². The first-order valence-corrected chi connectivity index (χ1v) is 40.4. The summed E-state index contributed by atoms with van der Waals surface area (Å²) in [5.41, 5.74) is 20.1. The van der Waals surface area contributed by atoms with Gasteiger partial charge >= 0.3 is 377 Å². The molecular formula is C56H73Cl2SiZr. The number of hydrogen-bond donors (Lipinski definition) is 0. The number of hydrogen-bond acceptors (Lipinski definition) is 0. The first-order chi connectivity index (χ1) is 28.7. The summed E-state index contributed by atoms with van der Waals surface area (Å²) in [6.45, 7) is 19.1. The molecule has 2 unspecified atom stereocenters. The minimum atomic E-state index is -5.14. The second-order valence-electron chi connectivity index (χ2n) is 20.9. The van der Waals surface area contributed by atoms with Crippen molar-refractivity contribution in [1.82, 2.24) is 0 Å². The topological polar surface area (TPSA) is 0 Å². The molecule has 0 radical (unpaired) electrons. The molecule has 0 saturated heterocycles. The van der Waals surface area contributed by atoms with Crippen molar-refractivity contribution in [3.8, 4) is 22.3 Å². The van der Waals surface area contributed by atoms with Crippen LogP contribution in [-0.2, 0) is 15.6 Å². The van der Waals surface area contributed by atoms with E-state index in [9.17, 15) is 17.0 Å². The number of rotatable bonds is 11. The molecule has 60 heavy (non-hydrogen) atoms. The van der Waals surface area contributed by atoms with E-state index in [4.69, 9.17) is 0 Å². The predicted molar refractivity (Wildman–Crippen MR) is 265 cm³/mol. The van der Waals surface area contributed by atoms with E-state index < -0.39 is 21.5 Å². The van der Waals surface area contributed by atoms with Gasteiger partial charge in [0.15, 0.2) is 0 Å². The molecule has 2 fully saturated rings. The van der Waals surface area contributed by atoms with Gasteiger partial charge in [0.1, 0.15) is 0 Å². The van der Waals surface area contributed by atoms with Gasteiger partial charge in [-0.1, -0.05) is 0 Å². The Balaban J connectivity index is 1.39. The molecular weight excluding hydrogens is 863 g/mol. The first kappa shape index (κ1) is 44.6. The monoisotopic (exact) mass is 933 g/mol. The molecule has 4 aliphatic carbocycles. The van der Waals surface area contributed by atoms with Crippen LogP contribution in [0.15, 0.2) is 83.9 Å². The van der Waals surface area contributed by atoms with Crippen molar-refractivity contribution >= 4 is 35.1 Å². The van der Waals surface area contributed by atoms with E-state index in [1.807, 2.05) is 0 Å². The molecule has 0 N–H and O–H groups in total. The molecule has 0 aromatic heterocycles. The summed E-state index contributed by atoms with van der Waals surface area (Å²) in [4.78, 5) is 0. The maximum atomic E-state index is 9.32. The molecule has 0 spiro atoms. The minimum absolute atomic E-state index is 0.102. The van der Waals surface area contributed by atoms with Gasteiger partial charge in [0.25, 0.3) is 0 Å². The Labute approximate surface area is 373 Å². The van der Waals surface area contributed by atoms with E-state index in [0.29, 0.717) is 10.8 Å². The zero-order chi connectivity index (χ0) is 42.5. The number of aryl methyl sites for hydroxylation is 4. The van der Waals surface area contributed by atoms with Gasteiger partial charge in [0.2, 0.25) is 0 Å². The fourth-order valence-corrected chi connectivity index (χ4v) is 44.6. The molecule has 4 aromatic carbocycles. The molecule has 4 aliphatic rings. The molecule has 319 valence electrons. The van der Waals surface area contributed by atoms with Crippen LogP contribution in [0.5, 0.6) is 0 Å². The van der Waals surface area contributed by atoms with E-state index in [1.165, 1.54) is 157 Å². The quantitative estimate of drug-likeness (QED) is 0.104. The SMILES string of the molecule is CCC1(CC2=Cc3c(-c4cc(C)cc(C)c4)cccc3[CH]2[Zr]([Cl])([Cl])([CH]2C(CC3(CC)CCCCCC3)=Cc3c(-c4cc(C)cc(C)c4)cccc32)[SiH](C)C)CCCCCC1. The van der Waals surface area contributed by atoms with E-state index >= 15 is 0 Å². The number of fused-ring (bicyclic) bond motifs is 2. The molecule has 4 heteroatoms. The zero-order valence-electron chi connectivity index (χ0n) is 38.4. The van der Waals surface area contributed by atoms with Gasteiger partial charge in [-0.25, -0.2) is 0 Å². The summed E-state index contributed by atoms with van der Waals surface area (Å²) in [5, 5.41) is 0. The Bertz CT molecular complexity index is 2100. The van der Waals surface area contributed by atoms with Crippen LogP contribution in [-0.4, -0.2) is 5.92 Å². The van der Waals surface area contributed by atoms with Gasteiger partial charge in [-0.05, 0) is 0 Å². The van der Waals surface area contributed by atoms with E-state index in [0.717, 1.165) is 12.8 Å². The predicted octanol–water partition coefficient (Wildman–Crippen LogP) is 18.1. The third-order valence-corrected chi connectivity index (χ3v) is 68.4. The summed E-state index contributed by atoms with van der Waals surface area (Å²) < 4.78 is 0.204. The molecule has 0 amide bonds. The van der Waals surface area contributed by atoms with Crippen LogP contribution in [0.4, 0.5) is 0 Å². The summed E-state index contributed by atoms with van der Waals surface area (Å²) in [5.74, 6) is -1.76. The maximum absolute atomic E-state index is 9.32. The molecule has 0 bridgehead atoms. The molecule has 0 heterocycles. The standard InChI is InChI=1S/2C27H33.C2H7Si.2ClH.Zr/c2*1-4-27(12-7-5-6-8-13-27)19-22-17-23-10-9-11-25(26(23)18-22)24-15-20(2)14-21(3)16-24;1-3-2;;;/h2*9-11,14-18H,4-8,12-13,19H2,1-3H3;3H,1-2H3;2*1H;/q;;;;;+2/p-2. The van der Waals surface area contributed by atoms with Gasteiger partial charge in [0, 0.05) is 0 Å². The summed E-state index contributed by atoms with van der Waals surface area (Å²) >= 11 is -5.14. The van der Waals surface area contributed by atoms with Gasteiger partial charge in [0.05, 0.1) is 0 Å². The Morgan fingerprint density at radius 2 is 0.883 bits per heavy atom. The van der Waals surface area contributed by atoms with Crippen LogP contribution in [0.2, 0.25) is 13.1 Å². The van der Waals surface area contributed by atoms with Crippen LogP contribution in [0.25, 0.3) is 34.4 Å². The molecule has 2 saturated carbocycles. The summed E-state index contributed by atoms with van der Waals surface area (Å²) in [6, 6.07) is 28.6. The molecule has 0 nitrogen and oxygen atoms in total. The van der Waals surface area contributed by atoms with Crippen LogP contribution < -0.4 is 0 Å². The molecule has 2 atom stereocenters. The fraction of sp³-hybridized carbons (Fsp3) is 0.500. The van der Waals surface area contributed by atoms with Crippen molar-refractivity contribution in [2.45, 2.75) is 165 Å². The molecule has 8 rings (SSSR count). The van der Waals surface area contributed by atoms with E-state index in [2.05, 4.69) is 140 Å². The second kappa shape index (κ2) is 17.5. The first-order valence-electron chi connectivity index (χ1n) is 24.1. The number of allylic oxidation sites excluding steroid dienone is 2. The Hall–Kier alpha value is -1.96. The van der Waals surface area contributed by atoms with Crippen molar-refractivity contribution in [1.29, 1.82) is 0 Å². The Kier molecular flexibility index (Phi) is 13.1. The van der Waals surface area contributed by atoms with Crippen LogP contribution in [0, 0.1) is 38.5 Å². The third-order valence-electron chi connectivity index (χ3n) is 16.6. The van der Waals surface area contributed by atoms with Crippen molar-refractivity contribution in [3.63, 3.8) is 0 Å². The van der Waals surface area contributed by atoms with E-state index in [-0.39, 0.29) is 7.25 Å². The van der Waals surface area contributed by atoms with Crippen molar-refractivity contribution in [3.05, 3.63) is 128 Å². The normalized spacial score (nSPS) is 21.9. The third kappa shape index (κ3) is 8.18. The second-order valence-corrected chi connectivity index (χ2v) is 63.5. The molecule has 0 aliphatic heterocycles. The number of halogens is 2. The average Bonchev–Trinajstić information content (AvgIpc) is 3.56.